The minimum atomic E-state index is -0.310. The topological polar surface area (TPSA) is 12.0 Å². The summed E-state index contributed by atoms with van der Waals surface area (Å²) in [5, 5.41) is 4.25. The van der Waals surface area contributed by atoms with Gasteiger partial charge in [-0.05, 0) is 36.2 Å². The van der Waals surface area contributed by atoms with Gasteiger partial charge >= 0.3 is 0 Å². The molecule has 0 radical (unpaired) electrons. The highest BCUT2D eigenvalue weighted by Gasteiger charge is 2.27. The molecule has 17 heavy (non-hydrogen) atoms. The zero-order valence-corrected chi connectivity index (χ0v) is 11.7. The minimum absolute atomic E-state index is 0.228. The first-order valence-electron chi connectivity index (χ1n) is 5.96. The second-order valence-electron chi connectivity index (χ2n) is 4.41. The number of hydrogen-bond acceptors (Lipinski definition) is 2. The van der Waals surface area contributed by atoms with Gasteiger partial charge in [0.05, 0.1) is 5.02 Å². The summed E-state index contributed by atoms with van der Waals surface area (Å²) in [4.78, 5) is 0. The third kappa shape index (κ3) is 2.78. The van der Waals surface area contributed by atoms with Crippen molar-refractivity contribution in [1.29, 1.82) is 0 Å². The SMILES string of the molecule is CCCNC1c2cc(Cl)c(F)cc2CSC1C. The number of fused-ring (bicyclic) bond motifs is 1. The molecule has 0 aromatic heterocycles. The highest BCUT2D eigenvalue weighted by Crippen LogP contribution is 2.39. The summed E-state index contributed by atoms with van der Waals surface area (Å²) in [6.07, 6.45) is 1.10. The first kappa shape index (κ1) is 13.2. The van der Waals surface area contributed by atoms with Crippen LogP contribution >= 0.6 is 23.4 Å². The van der Waals surface area contributed by atoms with Crippen LogP contribution in [0.1, 0.15) is 37.4 Å². The Bertz CT molecular complexity index is 411. The zero-order valence-electron chi connectivity index (χ0n) is 10.1. The first-order valence-corrected chi connectivity index (χ1v) is 7.39. The van der Waals surface area contributed by atoms with Crippen LogP contribution in [0, 0.1) is 5.82 Å². The molecule has 1 N–H and O–H groups in total. The Labute approximate surface area is 111 Å². The molecule has 0 saturated heterocycles. The average molecular weight is 274 g/mol. The van der Waals surface area contributed by atoms with Crippen molar-refractivity contribution in [3.8, 4) is 0 Å². The lowest BCUT2D eigenvalue weighted by Gasteiger charge is -2.32. The summed E-state index contributed by atoms with van der Waals surface area (Å²) in [5.41, 5.74) is 2.24. The van der Waals surface area contributed by atoms with E-state index in [1.54, 1.807) is 12.1 Å². The molecule has 0 fully saturated rings. The van der Waals surface area contributed by atoms with Crippen molar-refractivity contribution < 1.29 is 4.39 Å². The smallest absolute Gasteiger partial charge is 0.142 e. The summed E-state index contributed by atoms with van der Waals surface area (Å²) >= 11 is 7.74. The lowest BCUT2D eigenvalue weighted by Crippen LogP contribution is -2.32. The summed E-state index contributed by atoms with van der Waals surface area (Å²) in [5.74, 6) is 0.560. The normalized spacial score (nSPS) is 23.5. The molecule has 4 heteroatoms. The average Bonchev–Trinajstić information content (AvgIpc) is 2.30. The molecule has 2 unspecified atom stereocenters. The lowest BCUT2D eigenvalue weighted by molar-refractivity contribution is 0.518. The van der Waals surface area contributed by atoms with Crippen molar-refractivity contribution in [1.82, 2.24) is 5.32 Å². The Morgan fingerprint density at radius 2 is 2.29 bits per heavy atom. The van der Waals surface area contributed by atoms with Gasteiger partial charge in [0.1, 0.15) is 5.82 Å². The van der Waals surface area contributed by atoms with Gasteiger partial charge in [0.2, 0.25) is 0 Å². The van der Waals surface area contributed by atoms with E-state index in [9.17, 15) is 4.39 Å². The van der Waals surface area contributed by atoms with Crippen LogP contribution in [-0.2, 0) is 5.75 Å². The maximum absolute atomic E-state index is 13.4. The van der Waals surface area contributed by atoms with Gasteiger partial charge in [-0.2, -0.15) is 11.8 Å². The Morgan fingerprint density at radius 3 is 3.00 bits per heavy atom. The van der Waals surface area contributed by atoms with E-state index in [1.165, 1.54) is 0 Å². The summed E-state index contributed by atoms with van der Waals surface area (Å²) in [6.45, 7) is 5.33. The van der Waals surface area contributed by atoms with Crippen LogP contribution in [0.25, 0.3) is 0 Å². The molecular formula is C13H17ClFNS. The second kappa shape index (κ2) is 5.59. The van der Waals surface area contributed by atoms with E-state index in [4.69, 9.17) is 11.6 Å². The fraction of sp³-hybridized carbons (Fsp3) is 0.538. The number of hydrogen-bond donors (Lipinski definition) is 1. The van der Waals surface area contributed by atoms with Crippen molar-refractivity contribution in [2.45, 2.75) is 37.3 Å². The monoisotopic (exact) mass is 273 g/mol. The molecule has 94 valence electrons. The fourth-order valence-electron chi connectivity index (χ4n) is 2.16. The highest BCUT2D eigenvalue weighted by molar-refractivity contribution is 7.99. The van der Waals surface area contributed by atoms with E-state index in [0.29, 0.717) is 5.25 Å². The van der Waals surface area contributed by atoms with Crippen LogP contribution in [0.5, 0.6) is 0 Å². The molecule has 2 atom stereocenters. The van der Waals surface area contributed by atoms with Gasteiger partial charge in [0.15, 0.2) is 0 Å². The second-order valence-corrected chi connectivity index (χ2v) is 6.19. The van der Waals surface area contributed by atoms with Gasteiger partial charge in [-0.15, -0.1) is 0 Å². The molecule has 1 aliphatic rings. The largest absolute Gasteiger partial charge is 0.309 e. The Hall–Kier alpha value is -0.250. The van der Waals surface area contributed by atoms with E-state index in [2.05, 4.69) is 19.2 Å². The molecule has 0 amide bonds. The molecule has 1 heterocycles. The summed E-state index contributed by atoms with van der Waals surface area (Å²) < 4.78 is 13.4. The van der Waals surface area contributed by atoms with Gasteiger partial charge < -0.3 is 5.32 Å². The van der Waals surface area contributed by atoms with E-state index in [0.717, 1.165) is 29.8 Å². The van der Waals surface area contributed by atoms with Crippen LogP contribution in [0.4, 0.5) is 4.39 Å². The van der Waals surface area contributed by atoms with E-state index in [1.807, 2.05) is 11.8 Å². The van der Waals surface area contributed by atoms with E-state index >= 15 is 0 Å². The Morgan fingerprint density at radius 1 is 1.53 bits per heavy atom. The van der Waals surface area contributed by atoms with Crippen LogP contribution in [0.2, 0.25) is 5.02 Å². The quantitative estimate of drug-likeness (QED) is 0.888. The number of rotatable bonds is 3. The number of benzene rings is 1. The minimum Gasteiger partial charge on any atom is -0.309 e. The lowest BCUT2D eigenvalue weighted by atomic mass is 9.98. The Balaban J connectivity index is 2.33. The highest BCUT2D eigenvalue weighted by atomic mass is 35.5. The van der Waals surface area contributed by atoms with Crippen LogP contribution < -0.4 is 5.32 Å². The maximum atomic E-state index is 13.4. The molecule has 1 aliphatic heterocycles. The molecule has 1 aromatic rings. The van der Waals surface area contributed by atoms with Gasteiger partial charge in [0, 0.05) is 17.0 Å². The van der Waals surface area contributed by atoms with Crippen LogP contribution in [-0.4, -0.2) is 11.8 Å². The van der Waals surface area contributed by atoms with Gasteiger partial charge in [0.25, 0.3) is 0 Å². The third-order valence-electron chi connectivity index (χ3n) is 3.10. The molecule has 0 aliphatic carbocycles. The van der Waals surface area contributed by atoms with E-state index in [-0.39, 0.29) is 16.9 Å². The molecule has 1 nitrogen and oxygen atoms in total. The predicted molar refractivity (Wildman–Crippen MR) is 73.2 cm³/mol. The molecule has 2 rings (SSSR count). The van der Waals surface area contributed by atoms with E-state index < -0.39 is 0 Å². The van der Waals surface area contributed by atoms with Gasteiger partial charge in [-0.1, -0.05) is 25.4 Å². The maximum Gasteiger partial charge on any atom is 0.142 e. The van der Waals surface area contributed by atoms with Crippen molar-refractivity contribution >= 4 is 23.4 Å². The fourth-order valence-corrected chi connectivity index (χ4v) is 3.46. The predicted octanol–water partition coefficient (Wildman–Crippen LogP) is 4.16. The van der Waals surface area contributed by atoms with Crippen molar-refractivity contribution in [3.05, 3.63) is 34.1 Å². The number of thioether (sulfide) groups is 1. The number of nitrogens with one attached hydrogen (secondary N) is 1. The summed E-state index contributed by atoms with van der Waals surface area (Å²) in [7, 11) is 0. The molecule has 0 spiro atoms. The molecule has 0 saturated carbocycles. The third-order valence-corrected chi connectivity index (χ3v) is 4.67. The van der Waals surface area contributed by atoms with Crippen LogP contribution in [0.15, 0.2) is 12.1 Å². The molecule has 1 aromatic carbocycles. The molecule has 0 bridgehead atoms. The standard InChI is InChI=1S/C13H17ClFNS/c1-3-4-16-13-8(2)17-7-9-5-12(15)11(14)6-10(9)13/h5-6,8,13,16H,3-4,7H2,1-2H3. The van der Waals surface area contributed by atoms with Gasteiger partial charge in [-0.3, -0.25) is 0 Å². The summed E-state index contributed by atoms with van der Waals surface area (Å²) in [6, 6.07) is 3.65. The van der Waals surface area contributed by atoms with Crippen LogP contribution in [0.3, 0.4) is 0 Å². The number of halogens is 2. The zero-order chi connectivity index (χ0) is 12.4. The Kier molecular flexibility index (Phi) is 4.34. The van der Waals surface area contributed by atoms with Crippen molar-refractivity contribution in [2.24, 2.45) is 0 Å². The van der Waals surface area contributed by atoms with Crippen molar-refractivity contribution in [2.75, 3.05) is 6.54 Å². The first-order chi connectivity index (χ1) is 8.13. The van der Waals surface area contributed by atoms with Crippen molar-refractivity contribution in [3.63, 3.8) is 0 Å². The van der Waals surface area contributed by atoms with Gasteiger partial charge in [-0.25, -0.2) is 4.39 Å². The molecular weight excluding hydrogens is 257 g/mol.